The molecule has 0 fully saturated rings. The lowest BCUT2D eigenvalue weighted by atomic mass is 10.2. The van der Waals surface area contributed by atoms with Crippen LogP contribution < -0.4 is 10.1 Å². The van der Waals surface area contributed by atoms with Crippen molar-refractivity contribution in [3.63, 3.8) is 0 Å². The fourth-order valence-corrected chi connectivity index (χ4v) is 1.95. The van der Waals surface area contributed by atoms with Gasteiger partial charge < -0.3 is 15.2 Å². The Hall–Kier alpha value is -2.17. The maximum absolute atomic E-state index is 10.1. The van der Waals surface area contributed by atoms with Crippen LogP contribution in [0.1, 0.15) is 18.2 Å². The van der Waals surface area contributed by atoms with Crippen molar-refractivity contribution in [1.29, 1.82) is 0 Å². The first kappa shape index (κ1) is 13.3. The summed E-state index contributed by atoms with van der Waals surface area (Å²) in [4.78, 5) is 0. The molecule has 0 aliphatic heterocycles. The predicted octanol–water partition coefficient (Wildman–Crippen LogP) is 2.44. The molecule has 0 aliphatic carbocycles. The molecule has 0 saturated heterocycles. The van der Waals surface area contributed by atoms with Crippen molar-refractivity contribution in [2.24, 2.45) is 7.05 Å². The molecular formula is C14H19N3O2. The highest BCUT2D eigenvalue weighted by atomic mass is 16.5. The van der Waals surface area contributed by atoms with Crippen LogP contribution in [0.5, 0.6) is 11.5 Å². The van der Waals surface area contributed by atoms with E-state index in [-0.39, 0.29) is 5.75 Å². The molecule has 0 atom stereocenters. The molecule has 19 heavy (non-hydrogen) atoms. The summed E-state index contributed by atoms with van der Waals surface area (Å²) in [7, 11) is 1.88. The molecule has 5 heteroatoms. The van der Waals surface area contributed by atoms with Gasteiger partial charge >= 0.3 is 0 Å². The second-order valence-electron chi connectivity index (χ2n) is 4.35. The molecular weight excluding hydrogens is 242 g/mol. The number of phenolic OH excluding ortho intramolecular Hbond substituents is 1. The van der Waals surface area contributed by atoms with Gasteiger partial charge in [0.25, 0.3) is 0 Å². The summed E-state index contributed by atoms with van der Waals surface area (Å²) in [6, 6.07) is 5.51. The Morgan fingerprint density at radius 1 is 1.42 bits per heavy atom. The summed E-state index contributed by atoms with van der Waals surface area (Å²) < 4.78 is 7.12. The number of nitrogens with one attached hydrogen (secondary N) is 1. The van der Waals surface area contributed by atoms with Gasteiger partial charge in [-0.15, -0.1) is 0 Å². The first-order valence-corrected chi connectivity index (χ1v) is 6.29. The van der Waals surface area contributed by atoms with Gasteiger partial charge in [-0.2, -0.15) is 5.10 Å². The molecule has 0 spiro atoms. The second-order valence-corrected chi connectivity index (χ2v) is 4.35. The van der Waals surface area contributed by atoms with E-state index in [2.05, 4.69) is 10.4 Å². The van der Waals surface area contributed by atoms with E-state index in [0.717, 1.165) is 16.9 Å². The molecule has 1 aromatic carbocycles. The first-order valence-electron chi connectivity index (χ1n) is 6.29. The zero-order valence-corrected chi connectivity index (χ0v) is 11.5. The van der Waals surface area contributed by atoms with E-state index in [9.17, 15) is 5.11 Å². The van der Waals surface area contributed by atoms with Crippen LogP contribution >= 0.6 is 0 Å². The molecule has 5 nitrogen and oxygen atoms in total. The predicted molar refractivity (Wildman–Crippen MR) is 74.5 cm³/mol. The molecule has 0 saturated carbocycles. The molecule has 2 N–H and O–H groups in total. The van der Waals surface area contributed by atoms with Crippen LogP contribution in [-0.2, 0) is 13.6 Å². The summed E-state index contributed by atoms with van der Waals surface area (Å²) in [5.41, 5.74) is 2.70. The number of rotatable bonds is 5. The lowest BCUT2D eigenvalue weighted by Crippen LogP contribution is -2.01. The standard InChI is InChI=1S/C14H19N3O2/c1-4-19-13-7-5-6-11(14(13)18)8-15-12-9-17(3)16-10(12)2/h5-7,9,15,18H,4,8H2,1-3H3. The molecule has 0 aliphatic rings. The molecule has 102 valence electrons. The van der Waals surface area contributed by atoms with Crippen LogP contribution in [0, 0.1) is 6.92 Å². The van der Waals surface area contributed by atoms with Crippen molar-refractivity contribution in [3.05, 3.63) is 35.7 Å². The van der Waals surface area contributed by atoms with Crippen molar-refractivity contribution in [3.8, 4) is 11.5 Å². The lowest BCUT2D eigenvalue weighted by Gasteiger charge is -2.11. The van der Waals surface area contributed by atoms with Gasteiger partial charge in [-0.25, -0.2) is 0 Å². The van der Waals surface area contributed by atoms with Gasteiger partial charge in [0.05, 0.1) is 18.0 Å². The molecule has 1 heterocycles. The summed E-state index contributed by atoms with van der Waals surface area (Å²) in [5, 5.41) is 17.6. The molecule has 0 amide bonds. The van der Waals surface area contributed by atoms with E-state index in [1.165, 1.54) is 0 Å². The van der Waals surface area contributed by atoms with Crippen molar-refractivity contribution in [2.75, 3.05) is 11.9 Å². The molecule has 0 unspecified atom stereocenters. The summed E-state index contributed by atoms with van der Waals surface area (Å²) >= 11 is 0. The number of hydrogen-bond acceptors (Lipinski definition) is 4. The molecule has 1 aromatic heterocycles. The number of aromatic hydroxyl groups is 1. The van der Waals surface area contributed by atoms with Crippen molar-refractivity contribution < 1.29 is 9.84 Å². The third-order valence-electron chi connectivity index (χ3n) is 2.87. The number of benzene rings is 1. The quantitative estimate of drug-likeness (QED) is 0.868. The van der Waals surface area contributed by atoms with Crippen molar-refractivity contribution >= 4 is 5.69 Å². The van der Waals surface area contributed by atoms with Crippen LogP contribution in [-0.4, -0.2) is 21.5 Å². The Labute approximate surface area is 112 Å². The van der Waals surface area contributed by atoms with Crippen LogP contribution in [0.4, 0.5) is 5.69 Å². The smallest absolute Gasteiger partial charge is 0.162 e. The van der Waals surface area contributed by atoms with Gasteiger partial charge in [0.1, 0.15) is 0 Å². The van der Waals surface area contributed by atoms with Crippen LogP contribution in [0.25, 0.3) is 0 Å². The zero-order valence-electron chi connectivity index (χ0n) is 11.5. The summed E-state index contributed by atoms with van der Waals surface area (Å²) in [5.74, 6) is 0.711. The zero-order chi connectivity index (χ0) is 13.8. The Morgan fingerprint density at radius 2 is 2.21 bits per heavy atom. The first-order chi connectivity index (χ1) is 9.11. The number of phenols is 1. The monoisotopic (exact) mass is 261 g/mol. The number of para-hydroxylation sites is 1. The lowest BCUT2D eigenvalue weighted by molar-refractivity contribution is 0.317. The van der Waals surface area contributed by atoms with Gasteiger partial charge in [-0.05, 0) is 19.9 Å². The van der Waals surface area contributed by atoms with Gasteiger partial charge in [0.15, 0.2) is 11.5 Å². The Balaban J connectivity index is 2.11. The van der Waals surface area contributed by atoms with E-state index >= 15 is 0 Å². The van der Waals surface area contributed by atoms with Gasteiger partial charge in [0, 0.05) is 25.4 Å². The fourth-order valence-electron chi connectivity index (χ4n) is 1.95. The highest BCUT2D eigenvalue weighted by Gasteiger charge is 2.09. The van der Waals surface area contributed by atoms with Gasteiger partial charge in [-0.3, -0.25) is 4.68 Å². The third-order valence-corrected chi connectivity index (χ3v) is 2.87. The summed E-state index contributed by atoms with van der Waals surface area (Å²) in [6.45, 7) is 4.90. The van der Waals surface area contributed by atoms with Crippen LogP contribution in [0.15, 0.2) is 24.4 Å². The summed E-state index contributed by atoms with van der Waals surface area (Å²) in [6.07, 6.45) is 1.92. The topological polar surface area (TPSA) is 59.3 Å². The second kappa shape index (κ2) is 5.65. The number of ether oxygens (including phenoxy) is 1. The number of nitrogens with zero attached hydrogens (tertiary/aromatic N) is 2. The minimum Gasteiger partial charge on any atom is -0.504 e. The molecule has 0 bridgehead atoms. The van der Waals surface area contributed by atoms with E-state index in [1.54, 1.807) is 10.7 Å². The molecule has 0 radical (unpaired) electrons. The highest BCUT2D eigenvalue weighted by molar-refractivity contribution is 5.50. The normalized spacial score (nSPS) is 10.5. The fraction of sp³-hybridized carbons (Fsp3) is 0.357. The molecule has 2 rings (SSSR count). The van der Waals surface area contributed by atoms with Crippen LogP contribution in [0.3, 0.4) is 0 Å². The largest absolute Gasteiger partial charge is 0.504 e. The number of aromatic nitrogens is 2. The van der Waals surface area contributed by atoms with Crippen molar-refractivity contribution in [1.82, 2.24) is 9.78 Å². The highest BCUT2D eigenvalue weighted by Crippen LogP contribution is 2.30. The molecule has 2 aromatic rings. The minimum atomic E-state index is 0.193. The number of anilines is 1. The Morgan fingerprint density at radius 3 is 2.84 bits per heavy atom. The number of aryl methyl sites for hydroxylation is 2. The maximum Gasteiger partial charge on any atom is 0.162 e. The van der Waals surface area contributed by atoms with E-state index in [0.29, 0.717) is 18.9 Å². The van der Waals surface area contributed by atoms with E-state index in [1.807, 2.05) is 39.2 Å². The van der Waals surface area contributed by atoms with Crippen molar-refractivity contribution in [2.45, 2.75) is 20.4 Å². The minimum absolute atomic E-state index is 0.193. The van der Waals surface area contributed by atoms with E-state index in [4.69, 9.17) is 4.74 Å². The Kier molecular flexibility index (Phi) is 3.94. The number of hydrogen-bond donors (Lipinski definition) is 2. The Bertz CT molecular complexity index is 564. The third kappa shape index (κ3) is 2.99. The SMILES string of the molecule is CCOc1cccc(CNc2cn(C)nc2C)c1O. The van der Waals surface area contributed by atoms with Gasteiger partial charge in [0.2, 0.25) is 0 Å². The van der Waals surface area contributed by atoms with E-state index < -0.39 is 0 Å². The maximum atomic E-state index is 10.1. The van der Waals surface area contributed by atoms with Crippen LogP contribution in [0.2, 0.25) is 0 Å². The van der Waals surface area contributed by atoms with Gasteiger partial charge in [-0.1, -0.05) is 12.1 Å². The average Bonchev–Trinajstić information content (AvgIpc) is 2.69. The average molecular weight is 261 g/mol.